The predicted molar refractivity (Wildman–Crippen MR) is 49.7 cm³/mol. The molecule has 11 heavy (non-hydrogen) atoms. The lowest BCUT2D eigenvalue weighted by atomic mass is 10.1. The highest BCUT2D eigenvalue weighted by Gasteiger charge is 2.19. The molecule has 0 aromatic rings. The van der Waals surface area contributed by atoms with Crippen molar-refractivity contribution >= 4 is 21.7 Å². The zero-order valence-electron chi connectivity index (χ0n) is 6.82. The van der Waals surface area contributed by atoms with E-state index in [4.69, 9.17) is 0 Å². The van der Waals surface area contributed by atoms with Gasteiger partial charge in [0.2, 0.25) is 0 Å². The molecule has 0 fully saturated rings. The van der Waals surface area contributed by atoms with Crippen LogP contribution in [-0.4, -0.2) is 5.78 Å². The first kappa shape index (κ1) is 8.98. The first-order valence-corrected chi connectivity index (χ1v) is 4.95. The minimum absolute atomic E-state index is 0.288. The maximum atomic E-state index is 11.0. The van der Waals surface area contributed by atoms with Crippen LogP contribution in [0.1, 0.15) is 39.0 Å². The molecule has 0 N–H and O–H groups in total. The number of carbonyl (C=O) groups excluding carboxylic acids is 1. The van der Waals surface area contributed by atoms with Gasteiger partial charge < -0.3 is 0 Å². The number of halogens is 1. The van der Waals surface area contributed by atoms with Gasteiger partial charge in [0.25, 0.3) is 0 Å². The molecule has 0 aromatic carbocycles. The van der Waals surface area contributed by atoms with Crippen LogP contribution in [0.2, 0.25) is 0 Å². The fourth-order valence-corrected chi connectivity index (χ4v) is 1.90. The first-order chi connectivity index (χ1) is 5.25. The smallest absolute Gasteiger partial charge is 0.170 e. The molecule has 0 spiro atoms. The average Bonchev–Trinajstić information content (AvgIpc) is 2.31. The standard InChI is InChI=1S/C9H13BrO/c1-2-3-4-7-5-6-8(11)9(7)10/h2-6H2,1H3. The molecule has 62 valence electrons. The summed E-state index contributed by atoms with van der Waals surface area (Å²) in [5.74, 6) is 0.288. The Kier molecular flexibility index (Phi) is 3.31. The lowest BCUT2D eigenvalue weighted by Gasteiger charge is -1.98. The third-order valence-corrected chi connectivity index (χ3v) is 3.04. The van der Waals surface area contributed by atoms with Gasteiger partial charge in [-0.3, -0.25) is 4.79 Å². The van der Waals surface area contributed by atoms with Crippen LogP contribution < -0.4 is 0 Å². The summed E-state index contributed by atoms with van der Waals surface area (Å²) in [7, 11) is 0. The minimum Gasteiger partial charge on any atom is -0.294 e. The monoisotopic (exact) mass is 216 g/mol. The number of hydrogen-bond donors (Lipinski definition) is 0. The van der Waals surface area contributed by atoms with Gasteiger partial charge in [0.05, 0.1) is 4.48 Å². The van der Waals surface area contributed by atoms with E-state index in [2.05, 4.69) is 22.9 Å². The van der Waals surface area contributed by atoms with Crippen molar-refractivity contribution in [2.75, 3.05) is 0 Å². The molecule has 1 nitrogen and oxygen atoms in total. The first-order valence-electron chi connectivity index (χ1n) is 4.16. The van der Waals surface area contributed by atoms with Crippen LogP contribution in [0.4, 0.5) is 0 Å². The van der Waals surface area contributed by atoms with Crippen molar-refractivity contribution in [2.45, 2.75) is 39.0 Å². The minimum atomic E-state index is 0.288. The van der Waals surface area contributed by atoms with Gasteiger partial charge in [-0.15, -0.1) is 0 Å². The van der Waals surface area contributed by atoms with Crippen molar-refractivity contribution < 1.29 is 4.79 Å². The van der Waals surface area contributed by atoms with Crippen molar-refractivity contribution in [3.8, 4) is 0 Å². The van der Waals surface area contributed by atoms with Crippen LogP contribution in [-0.2, 0) is 4.79 Å². The highest BCUT2D eigenvalue weighted by atomic mass is 79.9. The van der Waals surface area contributed by atoms with Crippen LogP contribution in [0.5, 0.6) is 0 Å². The zero-order chi connectivity index (χ0) is 8.27. The summed E-state index contributed by atoms with van der Waals surface area (Å²) < 4.78 is 0.867. The van der Waals surface area contributed by atoms with Gasteiger partial charge in [0.15, 0.2) is 5.78 Å². The van der Waals surface area contributed by atoms with Crippen molar-refractivity contribution in [2.24, 2.45) is 0 Å². The van der Waals surface area contributed by atoms with Gasteiger partial charge in [0, 0.05) is 6.42 Å². The normalized spacial score (nSPS) is 18.2. The fourth-order valence-electron chi connectivity index (χ4n) is 1.31. The molecule has 0 atom stereocenters. The Hall–Kier alpha value is -0.110. The topological polar surface area (TPSA) is 17.1 Å². The average molecular weight is 217 g/mol. The molecule has 0 amide bonds. The largest absolute Gasteiger partial charge is 0.294 e. The predicted octanol–water partition coefficient (Wildman–Crippen LogP) is 3.19. The van der Waals surface area contributed by atoms with Crippen LogP contribution in [0.3, 0.4) is 0 Å². The number of allylic oxidation sites excluding steroid dienone is 2. The molecule has 0 aromatic heterocycles. The van der Waals surface area contributed by atoms with Gasteiger partial charge in [-0.2, -0.15) is 0 Å². The highest BCUT2D eigenvalue weighted by molar-refractivity contribution is 9.12. The summed E-state index contributed by atoms with van der Waals surface area (Å²) in [6.45, 7) is 2.17. The van der Waals surface area contributed by atoms with Crippen LogP contribution in [0, 0.1) is 0 Å². The summed E-state index contributed by atoms with van der Waals surface area (Å²) in [6.07, 6.45) is 5.22. The Labute approximate surface area is 76.0 Å². The van der Waals surface area contributed by atoms with Crippen molar-refractivity contribution in [1.82, 2.24) is 0 Å². The molecule has 0 heterocycles. The van der Waals surface area contributed by atoms with E-state index in [0.717, 1.165) is 23.7 Å². The molecular formula is C9H13BrO. The molecule has 0 bridgehead atoms. The van der Waals surface area contributed by atoms with E-state index in [0.29, 0.717) is 0 Å². The van der Waals surface area contributed by atoms with E-state index in [1.54, 1.807) is 0 Å². The summed E-state index contributed by atoms with van der Waals surface area (Å²) in [5.41, 5.74) is 1.33. The van der Waals surface area contributed by atoms with Crippen LogP contribution >= 0.6 is 15.9 Å². The second kappa shape index (κ2) is 4.05. The van der Waals surface area contributed by atoms with Crippen molar-refractivity contribution in [1.29, 1.82) is 0 Å². The Balaban J connectivity index is 2.50. The molecule has 2 heteroatoms. The van der Waals surface area contributed by atoms with E-state index < -0.39 is 0 Å². The molecule has 1 rings (SSSR count). The summed E-state index contributed by atoms with van der Waals surface area (Å²) in [5, 5.41) is 0. The number of ketones is 1. The van der Waals surface area contributed by atoms with E-state index >= 15 is 0 Å². The third kappa shape index (κ3) is 2.16. The zero-order valence-corrected chi connectivity index (χ0v) is 8.41. The van der Waals surface area contributed by atoms with Gasteiger partial charge in [-0.25, -0.2) is 0 Å². The Bertz CT molecular complexity index is 194. The van der Waals surface area contributed by atoms with Crippen LogP contribution in [0.25, 0.3) is 0 Å². The molecular weight excluding hydrogens is 204 g/mol. The number of Topliss-reactive ketones (excluding diaryl/α,β-unsaturated/α-hetero) is 1. The van der Waals surface area contributed by atoms with E-state index in [-0.39, 0.29) is 5.78 Å². The van der Waals surface area contributed by atoms with Crippen molar-refractivity contribution in [3.63, 3.8) is 0 Å². The Morgan fingerprint density at radius 3 is 2.64 bits per heavy atom. The molecule has 1 aliphatic carbocycles. The van der Waals surface area contributed by atoms with E-state index in [9.17, 15) is 4.79 Å². The van der Waals surface area contributed by atoms with Gasteiger partial charge >= 0.3 is 0 Å². The SMILES string of the molecule is CCCCC1=C(Br)C(=O)CC1. The van der Waals surface area contributed by atoms with Gasteiger partial charge in [-0.1, -0.05) is 18.9 Å². The molecule has 0 saturated heterocycles. The second-order valence-electron chi connectivity index (χ2n) is 2.94. The lowest BCUT2D eigenvalue weighted by Crippen LogP contribution is -1.87. The fraction of sp³-hybridized carbons (Fsp3) is 0.667. The van der Waals surface area contributed by atoms with E-state index in [1.165, 1.54) is 18.4 Å². The highest BCUT2D eigenvalue weighted by Crippen LogP contribution is 2.30. The van der Waals surface area contributed by atoms with Crippen molar-refractivity contribution in [3.05, 3.63) is 10.1 Å². The maximum Gasteiger partial charge on any atom is 0.170 e. The quantitative estimate of drug-likeness (QED) is 0.709. The Morgan fingerprint density at radius 1 is 1.45 bits per heavy atom. The number of carbonyl (C=O) groups is 1. The number of unbranched alkanes of at least 4 members (excludes halogenated alkanes) is 1. The third-order valence-electron chi connectivity index (χ3n) is 2.04. The lowest BCUT2D eigenvalue weighted by molar-refractivity contribution is -0.114. The number of rotatable bonds is 3. The van der Waals surface area contributed by atoms with Crippen LogP contribution in [0.15, 0.2) is 10.1 Å². The summed E-state index contributed by atoms with van der Waals surface area (Å²) >= 11 is 3.33. The Morgan fingerprint density at radius 2 is 2.18 bits per heavy atom. The summed E-state index contributed by atoms with van der Waals surface area (Å²) in [6, 6.07) is 0. The molecule has 0 aliphatic heterocycles. The number of hydrogen-bond acceptors (Lipinski definition) is 1. The molecule has 0 radical (unpaired) electrons. The van der Waals surface area contributed by atoms with E-state index in [1.807, 2.05) is 0 Å². The molecule has 0 unspecified atom stereocenters. The molecule has 1 aliphatic rings. The maximum absolute atomic E-state index is 11.0. The van der Waals surface area contributed by atoms with Gasteiger partial charge in [0.1, 0.15) is 0 Å². The molecule has 0 saturated carbocycles. The van der Waals surface area contributed by atoms with Gasteiger partial charge in [-0.05, 0) is 35.2 Å². The summed E-state index contributed by atoms with van der Waals surface area (Å²) in [4.78, 5) is 11.0. The second-order valence-corrected chi connectivity index (χ2v) is 3.74.